The van der Waals surface area contributed by atoms with Gasteiger partial charge in [-0.3, -0.25) is 4.79 Å². The minimum Gasteiger partial charge on any atom is -0.349 e. The Hall–Kier alpha value is -0.580. The molecule has 2 N–H and O–H groups in total. The minimum atomic E-state index is 0. The quantitative estimate of drug-likeness (QED) is 0.855. The van der Waals surface area contributed by atoms with E-state index >= 15 is 0 Å². The Labute approximate surface area is 106 Å². The van der Waals surface area contributed by atoms with Gasteiger partial charge in [-0.2, -0.15) is 11.3 Å². The van der Waals surface area contributed by atoms with Crippen molar-refractivity contribution in [2.75, 3.05) is 6.54 Å². The van der Waals surface area contributed by atoms with Crippen molar-refractivity contribution in [3.8, 4) is 0 Å². The molecule has 0 saturated carbocycles. The van der Waals surface area contributed by atoms with Crippen LogP contribution in [0.1, 0.15) is 30.1 Å². The molecule has 1 saturated heterocycles. The normalized spacial score (nSPS) is 24.6. The zero-order chi connectivity index (χ0) is 10.7. The van der Waals surface area contributed by atoms with Crippen LogP contribution in [0.5, 0.6) is 0 Å². The predicted octanol–water partition coefficient (Wildman–Crippen LogP) is 2.04. The van der Waals surface area contributed by atoms with Gasteiger partial charge in [-0.15, -0.1) is 12.4 Å². The lowest BCUT2D eigenvalue weighted by molar-refractivity contribution is 0.0926. The number of nitrogens with one attached hydrogen (secondary N) is 2. The van der Waals surface area contributed by atoms with Gasteiger partial charge in [-0.25, -0.2) is 0 Å². The van der Waals surface area contributed by atoms with Crippen LogP contribution >= 0.6 is 23.7 Å². The van der Waals surface area contributed by atoms with Crippen LogP contribution in [0.15, 0.2) is 16.8 Å². The molecule has 0 aliphatic carbocycles. The molecule has 1 aliphatic heterocycles. The van der Waals surface area contributed by atoms with E-state index in [-0.39, 0.29) is 18.3 Å². The average molecular weight is 261 g/mol. The van der Waals surface area contributed by atoms with E-state index in [1.165, 1.54) is 0 Å². The van der Waals surface area contributed by atoms with Crippen molar-refractivity contribution >= 4 is 29.7 Å². The number of thiophene rings is 1. The first kappa shape index (κ1) is 13.5. The molecule has 3 nitrogen and oxygen atoms in total. The zero-order valence-electron chi connectivity index (χ0n) is 9.23. The fraction of sp³-hybridized carbons (Fsp3) is 0.545. The maximum atomic E-state index is 11.8. The van der Waals surface area contributed by atoms with E-state index in [1.807, 2.05) is 16.8 Å². The lowest BCUT2D eigenvalue weighted by Crippen LogP contribution is -2.46. The van der Waals surface area contributed by atoms with E-state index in [2.05, 4.69) is 17.6 Å². The van der Waals surface area contributed by atoms with Gasteiger partial charge >= 0.3 is 0 Å². The number of hydrogen-bond acceptors (Lipinski definition) is 3. The molecular formula is C11H17ClN2OS. The van der Waals surface area contributed by atoms with Crippen molar-refractivity contribution < 1.29 is 4.79 Å². The van der Waals surface area contributed by atoms with E-state index in [1.54, 1.807) is 11.3 Å². The molecule has 1 aromatic rings. The summed E-state index contributed by atoms with van der Waals surface area (Å²) in [7, 11) is 0. The predicted molar refractivity (Wildman–Crippen MR) is 69.5 cm³/mol. The first-order valence-corrected chi connectivity index (χ1v) is 6.26. The topological polar surface area (TPSA) is 41.1 Å². The second-order valence-electron chi connectivity index (χ2n) is 4.06. The van der Waals surface area contributed by atoms with Gasteiger partial charge in [0.05, 0.1) is 0 Å². The van der Waals surface area contributed by atoms with Crippen LogP contribution in [-0.2, 0) is 0 Å². The van der Waals surface area contributed by atoms with Crippen LogP contribution in [0.4, 0.5) is 0 Å². The summed E-state index contributed by atoms with van der Waals surface area (Å²) in [5.41, 5.74) is 0.784. The summed E-state index contributed by atoms with van der Waals surface area (Å²) < 4.78 is 0. The molecule has 90 valence electrons. The number of halogens is 1. The van der Waals surface area contributed by atoms with Crippen LogP contribution in [0, 0.1) is 0 Å². The summed E-state index contributed by atoms with van der Waals surface area (Å²) in [6.07, 6.45) is 2.05. The van der Waals surface area contributed by atoms with Gasteiger partial charge < -0.3 is 10.6 Å². The largest absolute Gasteiger partial charge is 0.349 e. The second-order valence-corrected chi connectivity index (χ2v) is 4.84. The van der Waals surface area contributed by atoms with E-state index in [0.717, 1.165) is 24.9 Å². The van der Waals surface area contributed by atoms with Crippen molar-refractivity contribution in [2.24, 2.45) is 0 Å². The van der Waals surface area contributed by atoms with E-state index in [4.69, 9.17) is 0 Å². The van der Waals surface area contributed by atoms with Crippen molar-refractivity contribution in [2.45, 2.75) is 31.8 Å². The fourth-order valence-electron chi connectivity index (χ4n) is 1.93. The summed E-state index contributed by atoms with van der Waals surface area (Å²) in [5, 5.41) is 10.3. The van der Waals surface area contributed by atoms with Crippen molar-refractivity contribution in [3.63, 3.8) is 0 Å². The second kappa shape index (κ2) is 6.23. The maximum Gasteiger partial charge on any atom is 0.252 e. The van der Waals surface area contributed by atoms with E-state index in [0.29, 0.717) is 12.1 Å². The molecule has 2 heterocycles. The van der Waals surface area contributed by atoms with Crippen molar-refractivity contribution in [3.05, 3.63) is 22.4 Å². The number of amides is 1. The molecule has 0 aromatic carbocycles. The highest BCUT2D eigenvalue weighted by Gasteiger charge is 2.20. The highest BCUT2D eigenvalue weighted by Crippen LogP contribution is 2.11. The van der Waals surface area contributed by atoms with Gasteiger partial charge in [-0.05, 0) is 37.8 Å². The van der Waals surface area contributed by atoms with Gasteiger partial charge in [0.1, 0.15) is 0 Å². The molecule has 0 radical (unpaired) electrons. The molecule has 1 aliphatic rings. The number of rotatable bonds is 2. The van der Waals surface area contributed by atoms with Crippen LogP contribution < -0.4 is 10.6 Å². The Morgan fingerprint density at radius 1 is 1.62 bits per heavy atom. The highest BCUT2D eigenvalue weighted by atomic mass is 35.5. The van der Waals surface area contributed by atoms with E-state index in [9.17, 15) is 4.79 Å². The summed E-state index contributed by atoms with van der Waals surface area (Å²) in [6, 6.07) is 2.70. The van der Waals surface area contributed by atoms with Crippen LogP contribution in [0.2, 0.25) is 0 Å². The van der Waals surface area contributed by atoms with Crippen LogP contribution in [0.25, 0.3) is 0 Å². The van der Waals surface area contributed by atoms with E-state index < -0.39 is 0 Å². The standard InChI is InChI=1S/C11H16N2OS.ClH/c1-8-6-10(2-4-12-8)13-11(14)9-3-5-15-7-9;/h3,5,7-8,10,12H,2,4,6H2,1H3,(H,13,14);1H. The monoisotopic (exact) mass is 260 g/mol. The molecular weight excluding hydrogens is 244 g/mol. The van der Waals surface area contributed by atoms with Crippen LogP contribution in [-0.4, -0.2) is 24.5 Å². The summed E-state index contributed by atoms with van der Waals surface area (Å²) in [4.78, 5) is 11.8. The number of carbonyl (C=O) groups is 1. The third-order valence-corrected chi connectivity index (χ3v) is 3.43. The third-order valence-electron chi connectivity index (χ3n) is 2.74. The lowest BCUT2D eigenvalue weighted by atomic mass is 10.0. The average Bonchev–Trinajstić information content (AvgIpc) is 2.70. The molecule has 2 unspecified atom stereocenters. The van der Waals surface area contributed by atoms with Gasteiger partial charge in [0.15, 0.2) is 0 Å². The van der Waals surface area contributed by atoms with Gasteiger partial charge in [-0.1, -0.05) is 0 Å². The SMILES string of the molecule is CC1CC(NC(=O)c2ccsc2)CCN1.Cl. The van der Waals surface area contributed by atoms with Crippen molar-refractivity contribution in [1.82, 2.24) is 10.6 Å². The Kier molecular flexibility index (Phi) is 5.25. The molecule has 1 fully saturated rings. The molecule has 0 bridgehead atoms. The van der Waals surface area contributed by atoms with Crippen LogP contribution in [0.3, 0.4) is 0 Å². The first-order valence-electron chi connectivity index (χ1n) is 5.32. The number of piperidine rings is 1. The molecule has 5 heteroatoms. The summed E-state index contributed by atoms with van der Waals surface area (Å²) >= 11 is 1.56. The minimum absolute atomic E-state index is 0. The van der Waals surface area contributed by atoms with Gasteiger partial charge in [0.2, 0.25) is 0 Å². The summed E-state index contributed by atoms with van der Waals surface area (Å²) in [6.45, 7) is 3.15. The first-order chi connectivity index (χ1) is 7.25. The Morgan fingerprint density at radius 3 is 3.06 bits per heavy atom. The molecule has 1 amide bonds. The Morgan fingerprint density at radius 2 is 2.44 bits per heavy atom. The van der Waals surface area contributed by atoms with Crippen molar-refractivity contribution in [1.29, 1.82) is 0 Å². The number of hydrogen-bond donors (Lipinski definition) is 2. The molecule has 2 atom stereocenters. The molecule has 0 spiro atoms. The smallest absolute Gasteiger partial charge is 0.252 e. The number of carbonyl (C=O) groups excluding carboxylic acids is 1. The maximum absolute atomic E-state index is 11.8. The fourth-order valence-corrected chi connectivity index (χ4v) is 2.56. The zero-order valence-corrected chi connectivity index (χ0v) is 10.9. The molecule has 16 heavy (non-hydrogen) atoms. The molecule has 1 aromatic heterocycles. The van der Waals surface area contributed by atoms with Gasteiger partial charge in [0.25, 0.3) is 5.91 Å². The Bertz CT molecular complexity index is 329. The highest BCUT2D eigenvalue weighted by molar-refractivity contribution is 7.08. The lowest BCUT2D eigenvalue weighted by Gasteiger charge is -2.28. The Balaban J connectivity index is 0.00000128. The van der Waals surface area contributed by atoms with Gasteiger partial charge in [0, 0.05) is 23.0 Å². The third kappa shape index (κ3) is 3.47. The molecule has 2 rings (SSSR count). The summed E-state index contributed by atoms with van der Waals surface area (Å²) in [5.74, 6) is 0.0651.